The van der Waals surface area contributed by atoms with Gasteiger partial charge in [-0.25, -0.2) is 4.98 Å². The molecule has 0 aliphatic carbocycles. The Hall–Kier alpha value is -2.54. The summed E-state index contributed by atoms with van der Waals surface area (Å²) in [6, 6.07) is -1.57. The smallest absolute Gasteiger partial charge is 0.320 e. The number of nitrogens with two attached hydrogens (primary N) is 3. The molecule has 246 valence electrons. The first kappa shape index (κ1) is 41.6. The Labute approximate surface area is 252 Å². The lowest BCUT2D eigenvalue weighted by atomic mass is 10.0. The number of nitrogens with zero attached hydrogens (tertiary/aromatic N) is 1. The predicted molar refractivity (Wildman–Crippen MR) is 167 cm³/mol. The monoisotopic (exact) mass is 600 g/mol. The van der Waals surface area contributed by atoms with E-state index in [9.17, 15) is 14.4 Å². The van der Waals surface area contributed by atoms with Crippen molar-refractivity contribution in [3.05, 3.63) is 18.2 Å². The Kier molecular flexibility index (Phi) is 31.1. The third kappa shape index (κ3) is 32.0. The topological polar surface area (TPSA) is 231 Å². The highest BCUT2D eigenvalue weighted by Crippen LogP contribution is 2.12. The lowest BCUT2D eigenvalue weighted by molar-refractivity contribution is -0.139. The van der Waals surface area contributed by atoms with Gasteiger partial charge in [0.25, 0.3) is 0 Å². The summed E-state index contributed by atoms with van der Waals surface area (Å²) in [5, 5.41) is 28.1. The number of carboxylic acid groups (broad SMARTS) is 3. The lowest BCUT2D eigenvalue weighted by Crippen LogP contribution is -2.32. The molecule has 1 heterocycles. The fraction of sp³-hybridized carbons (Fsp3) is 0.800. The average Bonchev–Trinajstić information content (AvgIpc) is 3.46. The number of aromatic amines is 1. The van der Waals surface area contributed by atoms with Crippen molar-refractivity contribution in [3.8, 4) is 0 Å². The molecule has 12 heteroatoms. The molecule has 42 heavy (non-hydrogen) atoms. The first-order valence-electron chi connectivity index (χ1n) is 15.7. The van der Waals surface area contributed by atoms with E-state index < -0.39 is 30.0 Å². The summed E-state index contributed by atoms with van der Waals surface area (Å²) in [5.74, 6) is -2.70. The zero-order valence-electron chi connectivity index (χ0n) is 25.9. The predicted octanol–water partition coefficient (Wildman–Crippen LogP) is 4.03. The third-order valence-electron chi connectivity index (χ3n) is 6.58. The quantitative estimate of drug-likeness (QED) is 0.0746. The van der Waals surface area contributed by atoms with Crippen LogP contribution in [0.25, 0.3) is 0 Å². The molecule has 0 aromatic carbocycles. The number of imidazole rings is 1. The Morgan fingerprint density at radius 1 is 0.786 bits per heavy atom. The summed E-state index contributed by atoms with van der Waals surface area (Å²) < 4.78 is 0. The molecule has 0 radical (unpaired) electrons. The minimum absolute atomic E-state index is 0.0957. The van der Waals surface area contributed by atoms with Gasteiger partial charge < -0.3 is 42.8 Å². The van der Waals surface area contributed by atoms with Crippen molar-refractivity contribution in [2.75, 3.05) is 19.6 Å². The van der Waals surface area contributed by atoms with E-state index in [1.807, 2.05) is 0 Å². The molecule has 0 aliphatic rings. The van der Waals surface area contributed by atoms with Gasteiger partial charge in [0.15, 0.2) is 0 Å². The van der Waals surface area contributed by atoms with Crippen LogP contribution in [0.2, 0.25) is 0 Å². The van der Waals surface area contributed by atoms with Gasteiger partial charge in [-0.1, -0.05) is 96.8 Å². The van der Waals surface area contributed by atoms with E-state index in [-0.39, 0.29) is 13.0 Å². The number of unbranched alkanes of at least 4 members (excludes halogenated alkanes) is 14. The second-order valence-electron chi connectivity index (χ2n) is 10.6. The second-order valence-corrected chi connectivity index (χ2v) is 10.6. The number of nitrogens with one attached hydrogen (secondary N) is 2. The number of aromatic nitrogens is 2. The first-order valence-corrected chi connectivity index (χ1v) is 15.7. The van der Waals surface area contributed by atoms with Crippen LogP contribution in [0, 0.1) is 0 Å². The molecule has 1 aromatic heterocycles. The van der Waals surface area contributed by atoms with E-state index in [4.69, 9.17) is 32.5 Å². The minimum atomic E-state index is -1.00. The van der Waals surface area contributed by atoms with E-state index in [0.29, 0.717) is 13.0 Å². The molecule has 0 amide bonds. The molecule has 2 atom stereocenters. The Morgan fingerprint density at radius 2 is 1.29 bits per heavy atom. The van der Waals surface area contributed by atoms with Crippen LogP contribution in [-0.2, 0) is 20.8 Å². The van der Waals surface area contributed by atoms with Crippen LogP contribution in [0.4, 0.5) is 0 Å². The minimum Gasteiger partial charge on any atom is -0.480 e. The van der Waals surface area contributed by atoms with Gasteiger partial charge in [-0.2, -0.15) is 0 Å². The number of aliphatic carboxylic acids is 3. The zero-order chi connectivity index (χ0) is 31.8. The van der Waals surface area contributed by atoms with Crippen LogP contribution in [0.3, 0.4) is 0 Å². The van der Waals surface area contributed by atoms with Gasteiger partial charge >= 0.3 is 17.9 Å². The SMILES string of the molecule is CCCCCCCCCCCCCCCCNCC(=O)O.NC(Cc1cnc[nH]1)C(=O)O.NCCCCC(N)C(=O)O. The Morgan fingerprint density at radius 3 is 1.69 bits per heavy atom. The largest absolute Gasteiger partial charge is 0.480 e. The molecule has 0 saturated carbocycles. The zero-order valence-corrected chi connectivity index (χ0v) is 25.9. The lowest BCUT2D eigenvalue weighted by Gasteiger charge is -2.03. The van der Waals surface area contributed by atoms with Crippen LogP contribution in [0.5, 0.6) is 0 Å². The van der Waals surface area contributed by atoms with Crippen molar-refractivity contribution in [1.82, 2.24) is 15.3 Å². The molecule has 0 spiro atoms. The van der Waals surface area contributed by atoms with Crippen molar-refractivity contribution in [2.24, 2.45) is 17.2 Å². The molecule has 2 unspecified atom stereocenters. The maximum Gasteiger partial charge on any atom is 0.320 e. The Bertz CT molecular complexity index is 751. The summed E-state index contributed by atoms with van der Waals surface area (Å²) in [5.41, 5.74) is 16.4. The van der Waals surface area contributed by atoms with E-state index in [0.717, 1.165) is 31.5 Å². The van der Waals surface area contributed by atoms with Gasteiger partial charge in [0.1, 0.15) is 12.1 Å². The summed E-state index contributed by atoms with van der Waals surface area (Å²) in [4.78, 5) is 37.2. The number of H-pyrrole nitrogens is 1. The maximum atomic E-state index is 10.3. The molecule has 0 aliphatic heterocycles. The van der Waals surface area contributed by atoms with Gasteiger partial charge in [-0.3, -0.25) is 14.4 Å². The normalized spacial score (nSPS) is 11.9. The number of rotatable bonds is 25. The van der Waals surface area contributed by atoms with Crippen molar-refractivity contribution < 1.29 is 29.7 Å². The highest BCUT2D eigenvalue weighted by atomic mass is 16.4. The van der Waals surface area contributed by atoms with E-state index in [2.05, 4.69) is 22.2 Å². The summed E-state index contributed by atoms with van der Waals surface area (Å²) >= 11 is 0. The van der Waals surface area contributed by atoms with Crippen LogP contribution in [0.15, 0.2) is 12.5 Å². The van der Waals surface area contributed by atoms with E-state index >= 15 is 0 Å². The van der Waals surface area contributed by atoms with Gasteiger partial charge in [-0.15, -0.1) is 0 Å². The van der Waals surface area contributed by atoms with Gasteiger partial charge in [-0.05, 0) is 32.4 Å². The van der Waals surface area contributed by atoms with Crippen LogP contribution in [0.1, 0.15) is 122 Å². The van der Waals surface area contributed by atoms with Crippen molar-refractivity contribution in [1.29, 1.82) is 0 Å². The molecule has 11 N–H and O–H groups in total. The molecule has 1 rings (SSSR count). The standard InChI is InChI=1S/C18H37NO2.C6H9N3O2.C6H14N2O2/c1-2-3-4-5-6-7-8-9-10-11-12-13-14-15-16-19-17-18(20)21;7-5(6(10)11)1-4-2-8-3-9-4;7-4-2-1-3-5(8)6(9)10/h19H,2-17H2,1H3,(H,20,21);2-3,5H,1,7H2,(H,8,9)(H,10,11);5H,1-4,7-8H2,(H,9,10). The van der Waals surface area contributed by atoms with E-state index in [1.165, 1.54) is 89.8 Å². The molecule has 1 aromatic rings. The van der Waals surface area contributed by atoms with Crippen molar-refractivity contribution >= 4 is 17.9 Å². The first-order chi connectivity index (χ1) is 20.1. The Balaban J connectivity index is 0. The van der Waals surface area contributed by atoms with Crippen LogP contribution < -0.4 is 22.5 Å². The van der Waals surface area contributed by atoms with Gasteiger partial charge in [0.05, 0.1) is 12.9 Å². The molecule has 0 fully saturated rings. The fourth-order valence-electron chi connectivity index (χ4n) is 3.99. The molecule has 12 nitrogen and oxygen atoms in total. The molecule has 0 bridgehead atoms. The summed E-state index contributed by atoms with van der Waals surface area (Å²) in [7, 11) is 0. The van der Waals surface area contributed by atoms with Gasteiger partial charge in [0, 0.05) is 18.3 Å². The van der Waals surface area contributed by atoms with Crippen LogP contribution >= 0.6 is 0 Å². The number of carbonyl (C=O) groups is 3. The number of hydrogen-bond donors (Lipinski definition) is 8. The fourth-order valence-corrected chi connectivity index (χ4v) is 3.99. The maximum absolute atomic E-state index is 10.3. The summed E-state index contributed by atoms with van der Waals surface area (Å²) in [6.07, 6.45) is 24.5. The average molecular weight is 601 g/mol. The van der Waals surface area contributed by atoms with Crippen molar-refractivity contribution in [2.45, 2.75) is 135 Å². The summed E-state index contributed by atoms with van der Waals surface area (Å²) in [6.45, 7) is 3.81. The van der Waals surface area contributed by atoms with E-state index in [1.54, 1.807) is 6.20 Å². The molecule has 0 saturated heterocycles. The number of hydrogen-bond acceptors (Lipinski definition) is 8. The highest BCUT2D eigenvalue weighted by molar-refractivity contribution is 5.73. The third-order valence-corrected chi connectivity index (χ3v) is 6.58. The molecular formula is C30H60N6O6. The highest BCUT2D eigenvalue weighted by Gasteiger charge is 2.12. The van der Waals surface area contributed by atoms with Crippen molar-refractivity contribution in [3.63, 3.8) is 0 Å². The van der Waals surface area contributed by atoms with Gasteiger partial charge in [0.2, 0.25) is 0 Å². The number of carboxylic acids is 3. The van der Waals surface area contributed by atoms with Crippen LogP contribution in [-0.4, -0.2) is 74.9 Å². The second kappa shape index (κ2) is 31.4. The molecular weight excluding hydrogens is 540 g/mol.